The standard InChI is InChI=1S/C11H18N2O2/c1-8-6-9(11(12)13-7-8)10(14)4-3-5-15-2/h6-7,10,14H,3-5H2,1-2H3,(H2,12,13). The molecule has 3 N–H and O–H groups in total. The lowest BCUT2D eigenvalue weighted by molar-refractivity contribution is 0.136. The van der Waals surface area contributed by atoms with Crippen molar-refractivity contribution in [2.45, 2.75) is 25.9 Å². The molecule has 0 fully saturated rings. The van der Waals surface area contributed by atoms with Gasteiger partial charge < -0.3 is 15.6 Å². The molecule has 0 amide bonds. The molecule has 1 atom stereocenters. The van der Waals surface area contributed by atoms with Gasteiger partial charge in [0.2, 0.25) is 0 Å². The quantitative estimate of drug-likeness (QED) is 0.721. The monoisotopic (exact) mass is 210 g/mol. The van der Waals surface area contributed by atoms with E-state index >= 15 is 0 Å². The second-order valence-electron chi connectivity index (χ2n) is 3.64. The number of aliphatic hydroxyl groups excluding tert-OH is 1. The first-order valence-electron chi connectivity index (χ1n) is 5.04. The van der Waals surface area contributed by atoms with Crippen LogP contribution in [0.2, 0.25) is 0 Å². The van der Waals surface area contributed by atoms with Crippen LogP contribution in [-0.2, 0) is 4.74 Å². The topological polar surface area (TPSA) is 68.4 Å². The van der Waals surface area contributed by atoms with Gasteiger partial charge in [0, 0.05) is 25.5 Å². The van der Waals surface area contributed by atoms with Gasteiger partial charge in [0.05, 0.1) is 6.10 Å². The number of methoxy groups -OCH3 is 1. The summed E-state index contributed by atoms with van der Waals surface area (Å²) in [5.41, 5.74) is 7.41. The molecule has 84 valence electrons. The van der Waals surface area contributed by atoms with E-state index in [0.29, 0.717) is 24.4 Å². The Morgan fingerprint density at radius 1 is 1.60 bits per heavy atom. The minimum Gasteiger partial charge on any atom is -0.388 e. The molecule has 0 aromatic carbocycles. The molecule has 4 heteroatoms. The number of nitrogen functional groups attached to an aromatic ring is 1. The fourth-order valence-electron chi connectivity index (χ4n) is 1.45. The van der Waals surface area contributed by atoms with Gasteiger partial charge in [-0.3, -0.25) is 0 Å². The number of aryl methyl sites for hydroxylation is 1. The number of pyridine rings is 1. The minimum absolute atomic E-state index is 0.408. The zero-order valence-corrected chi connectivity index (χ0v) is 9.23. The van der Waals surface area contributed by atoms with Crippen molar-refractivity contribution in [2.24, 2.45) is 0 Å². The van der Waals surface area contributed by atoms with Crippen molar-refractivity contribution in [1.29, 1.82) is 0 Å². The lowest BCUT2D eigenvalue weighted by Crippen LogP contribution is -2.05. The molecule has 0 bridgehead atoms. The van der Waals surface area contributed by atoms with E-state index in [2.05, 4.69) is 4.98 Å². The molecule has 1 rings (SSSR count). The summed E-state index contributed by atoms with van der Waals surface area (Å²) in [4.78, 5) is 4.01. The number of aromatic nitrogens is 1. The van der Waals surface area contributed by atoms with Crippen LogP contribution in [-0.4, -0.2) is 23.8 Å². The summed E-state index contributed by atoms with van der Waals surface area (Å²) >= 11 is 0. The van der Waals surface area contributed by atoms with E-state index in [1.165, 1.54) is 0 Å². The van der Waals surface area contributed by atoms with Crippen molar-refractivity contribution < 1.29 is 9.84 Å². The Balaban J connectivity index is 2.64. The molecule has 0 saturated carbocycles. The first-order chi connectivity index (χ1) is 7.15. The van der Waals surface area contributed by atoms with Crippen LogP contribution < -0.4 is 5.73 Å². The summed E-state index contributed by atoms with van der Waals surface area (Å²) in [6.07, 6.45) is 2.60. The molecule has 0 saturated heterocycles. The molecule has 1 heterocycles. The van der Waals surface area contributed by atoms with Gasteiger partial charge in [-0.1, -0.05) is 0 Å². The molecule has 4 nitrogen and oxygen atoms in total. The minimum atomic E-state index is -0.549. The third-order valence-electron chi connectivity index (χ3n) is 2.27. The number of hydrogen-bond donors (Lipinski definition) is 2. The summed E-state index contributed by atoms with van der Waals surface area (Å²) in [6.45, 7) is 2.58. The van der Waals surface area contributed by atoms with Crippen LogP contribution in [0, 0.1) is 6.92 Å². The van der Waals surface area contributed by atoms with Crippen LogP contribution >= 0.6 is 0 Å². The van der Waals surface area contributed by atoms with Crippen LogP contribution in [0.3, 0.4) is 0 Å². The van der Waals surface area contributed by atoms with Crippen LogP contribution in [0.4, 0.5) is 5.82 Å². The molecule has 1 aromatic rings. The van der Waals surface area contributed by atoms with E-state index in [1.807, 2.05) is 13.0 Å². The number of nitrogens with two attached hydrogens (primary N) is 1. The molecule has 15 heavy (non-hydrogen) atoms. The summed E-state index contributed by atoms with van der Waals surface area (Å²) in [7, 11) is 1.65. The number of anilines is 1. The first-order valence-corrected chi connectivity index (χ1v) is 5.04. The average molecular weight is 210 g/mol. The van der Waals surface area contributed by atoms with E-state index in [4.69, 9.17) is 10.5 Å². The lowest BCUT2D eigenvalue weighted by atomic mass is 10.0. The molecular formula is C11H18N2O2. The molecule has 1 unspecified atom stereocenters. The highest BCUT2D eigenvalue weighted by atomic mass is 16.5. The van der Waals surface area contributed by atoms with Crippen molar-refractivity contribution in [1.82, 2.24) is 4.98 Å². The third kappa shape index (κ3) is 3.49. The summed E-state index contributed by atoms with van der Waals surface area (Å²) in [5.74, 6) is 0.408. The largest absolute Gasteiger partial charge is 0.388 e. The fourth-order valence-corrected chi connectivity index (χ4v) is 1.45. The highest BCUT2D eigenvalue weighted by molar-refractivity contribution is 5.42. The highest BCUT2D eigenvalue weighted by Crippen LogP contribution is 2.23. The molecule has 0 aliphatic carbocycles. The molecule has 0 spiro atoms. The van der Waals surface area contributed by atoms with Crippen molar-refractivity contribution in [3.05, 3.63) is 23.4 Å². The summed E-state index contributed by atoms with van der Waals surface area (Å²) in [5, 5.41) is 9.88. The van der Waals surface area contributed by atoms with Gasteiger partial charge >= 0.3 is 0 Å². The summed E-state index contributed by atoms with van der Waals surface area (Å²) in [6, 6.07) is 1.87. The zero-order chi connectivity index (χ0) is 11.3. The van der Waals surface area contributed by atoms with Gasteiger partial charge in [-0.15, -0.1) is 0 Å². The van der Waals surface area contributed by atoms with Crippen LogP contribution in [0.5, 0.6) is 0 Å². The first kappa shape index (κ1) is 11.9. The van der Waals surface area contributed by atoms with E-state index in [0.717, 1.165) is 12.0 Å². The summed E-state index contributed by atoms with van der Waals surface area (Å²) < 4.78 is 4.92. The van der Waals surface area contributed by atoms with Crippen molar-refractivity contribution in [3.63, 3.8) is 0 Å². The number of aliphatic hydroxyl groups is 1. The molecule has 0 aliphatic rings. The Labute approximate surface area is 90.1 Å². The fraction of sp³-hybridized carbons (Fsp3) is 0.545. The predicted molar refractivity (Wildman–Crippen MR) is 59.5 cm³/mol. The molecule has 0 aliphatic heterocycles. The van der Waals surface area contributed by atoms with Gasteiger partial charge in [0.15, 0.2) is 0 Å². The maximum Gasteiger partial charge on any atom is 0.129 e. The van der Waals surface area contributed by atoms with Crippen LogP contribution in [0.15, 0.2) is 12.3 Å². The maximum absolute atomic E-state index is 9.88. The third-order valence-corrected chi connectivity index (χ3v) is 2.27. The van der Waals surface area contributed by atoms with E-state index in [9.17, 15) is 5.11 Å². The van der Waals surface area contributed by atoms with Gasteiger partial charge in [-0.25, -0.2) is 4.98 Å². The second-order valence-corrected chi connectivity index (χ2v) is 3.64. The zero-order valence-electron chi connectivity index (χ0n) is 9.23. The Morgan fingerprint density at radius 3 is 3.00 bits per heavy atom. The Morgan fingerprint density at radius 2 is 2.33 bits per heavy atom. The van der Waals surface area contributed by atoms with Gasteiger partial charge in [-0.2, -0.15) is 0 Å². The predicted octanol–water partition coefficient (Wildman–Crippen LogP) is 1.43. The maximum atomic E-state index is 9.88. The Bertz CT molecular complexity index is 315. The average Bonchev–Trinajstić information content (AvgIpc) is 2.22. The number of nitrogens with zero attached hydrogens (tertiary/aromatic N) is 1. The van der Waals surface area contributed by atoms with Crippen molar-refractivity contribution in [3.8, 4) is 0 Å². The number of hydrogen-bond acceptors (Lipinski definition) is 4. The Hall–Kier alpha value is -1.13. The molecule has 1 aromatic heterocycles. The highest BCUT2D eigenvalue weighted by Gasteiger charge is 2.11. The van der Waals surface area contributed by atoms with E-state index < -0.39 is 6.10 Å². The van der Waals surface area contributed by atoms with Crippen molar-refractivity contribution in [2.75, 3.05) is 19.5 Å². The van der Waals surface area contributed by atoms with Crippen molar-refractivity contribution >= 4 is 5.82 Å². The van der Waals surface area contributed by atoms with Gasteiger partial charge in [-0.05, 0) is 31.4 Å². The molecular weight excluding hydrogens is 192 g/mol. The molecule has 0 radical (unpaired) electrons. The van der Waals surface area contributed by atoms with E-state index in [-0.39, 0.29) is 0 Å². The van der Waals surface area contributed by atoms with Gasteiger partial charge in [0.25, 0.3) is 0 Å². The smallest absolute Gasteiger partial charge is 0.129 e. The normalized spacial score (nSPS) is 12.7. The lowest BCUT2D eigenvalue weighted by Gasteiger charge is -2.12. The van der Waals surface area contributed by atoms with E-state index in [1.54, 1.807) is 13.3 Å². The number of rotatable bonds is 5. The Kier molecular flexibility index (Phi) is 4.52. The number of ether oxygens (including phenoxy) is 1. The second kappa shape index (κ2) is 5.68. The van der Waals surface area contributed by atoms with Crippen LogP contribution in [0.25, 0.3) is 0 Å². The van der Waals surface area contributed by atoms with Crippen LogP contribution in [0.1, 0.15) is 30.1 Å². The SMILES string of the molecule is COCCCC(O)c1cc(C)cnc1N. The van der Waals surface area contributed by atoms with Gasteiger partial charge in [0.1, 0.15) is 5.82 Å².